The van der Waals surface area contributed by atoms with Crippen LogP contribution in [0.1, 0.15) is 5.56 Å². The lowest BCUT2D eigenvalue weighted by molar-refractivity contribution is 0.174. The maximum absolute atomic E-state index is 14.2. The first-order chi connectivity index (χ1) is 12.7. The van der Waals surface area contributed by atoms with Crippen molar-refractivity contribution in [3.63, 3.8) is 0 Å². The third-order valence-electron chi connectivity index (χ3n) is 3.76. The number of anilines is 4. The molecule has 2 heterocycles. The van der Waals surface area contributed by atoms with Gasteiger partial charge in [0.05, 0.1) is 6.61 Å². The number of ether oxygens (including phenoxy) is 2. The van der Waals surface area contributed by atoms with E-state index in [0.717, 1.165) is 11.3 Å². The molecule has 0 bridgehead atoms. The number of rotatable bonds is 5. The molecule has 1 aliphatic heterocycles. The summed E-state index contributed by atoms with van der Waals surface area (Å²) in [5, 5.41) is 15.2. The molecule has 2 aromatic carbocycles. The van der Waals surface area contributed by atoms with E-state index < -0.39 is 5.82 Å². The minimum absolute atomic E-state index is 0.0469. The van der Waals surface area contributed by atoms with Gasteiger partial charge in [-0.1, -0.05) is 12.1 Å². The lowest BCUT2D eigenvalue weighted by atomic mass is 10.2. The second kappa shape index (κ2) is 6.85. The number of aromatic nitrogens is 2. The Balaban J connectivity index is 1.58. The second-order valence-corrected chi connectivity index (χ2v) is 5.53. The quantitative estimate of drug-likeness (QED) is 0.648. The summed E-state index contributed by atoms with van der Waals surface area (Å²) in [6, 6.07) is 11.7. The van der Waals surface area contributed by atoms with Crippen LogP contribution in [0.3, 0.4) is 0 Å². The van der Waals surface area contributed by atoms with Gasteiger partial charge in [0.15, 0.2) is 17.3 Å². The van der Waals surface area contributed by atoms with E-state index in [9.17, 15) is 9.50 Å². The maximum atomic E-state index is 14.2. The number of benzene rings is 2. The van der Waals surface area contributed by atoms with Crippen LogP contribution in [0.25, 0.3) is 0 Å². The van der Waals surface area contributed by atoms with Crippen molar-refractivity contribution in [3.05, 3.63) is 60.0 Å². The van der Waals surface area contributed by atoms with Crippen molar-refractivity contribution in [1.82, 2.24) is 9.97 Å². The van der Waals surface area contributed by atoms with E-state index in [1.807, 2.05) is 18.2 Å². The lowest BCUT2D eigenvalue weighted by Gasteiger charge is -2.11. The van der Waals surface area contributed by atoms with E-state index >= 15 is 0 Å². The monoisotopic (exact) mass is 354 g/mol. The van der Waals surface area contributed by atoms with Crippen molar-refractivity contribution in [2.24, 2.45) is 0 Å². The van der Waals surface area contributed by atoms with Crippen molar-refractivity contribution in [3.8, 4) is 11.5 Å². The minimum Gasteiger partial charge on any atom is -0.454 e. The molecule has 0 spiro atoms. The summed E-state index contributed by atoms with van der Waals surface area (Å²) >= 11 is 0. The summed E-state index contributed by atoms with van der Waals surface area (Å²) in [5.41, 5.74) is 1.66. The van der Waals surface area contributed by atoms with Crippen LogP contribution in [-0.2, 0) is 6.61 Å². The molecule has 0 saturated carbocycles. The van der Waals surface area contributed by atoms with Crippen LogP contribution in [0.5, 0.6) is 11.5 Å². The molecule has 1 aliphatic rings. The number of halogens is 1. The Morgan fingerprint density at radius 3 is 2.92 bits per heavy atom. The molecule has 0 aliphatic carbocycles. The van der Waals surface area contributed by atoms with Gasteiger partial charge in [-0.2, -0.15) is 4.98 Å². The zero-order valence-corrected chi connectivity index (χ0v) is 13.6. The van der Waals surface area contributed by atoms with Gasteiger partial charge in [0.2, 0.25) is 12.7 Å². The standard InChI is InChI=1S/C18H15FN4O3/c19-13-4-5-14-17(26-10-25-14)16(13)22-15-6-7-20-18(23-15)21-12-3-1-2-11(8-12)9-24/h1-8,24H,9-10H2,(H2,20,21,22,23). The Morgan fingerprint density at radius 2 is 2.04 bits per heavy atom. The minimum atomic E-state index is -0.474. The molecule has 26 heavy (non-hydrogen) atoms. The number of aliphatic hydroxyl groups excluding tert-OH is 1. The van der Waals surface area contributed by atoms with Gasteiger partial charge in [-0.25, -0.2) is 9.37 Å². The van der Waals surface area contributed by atoms with Gasteiger partial charge in [0.1, 0.15) is 11.5 Å². The van der Waals surface area contributed by atoms with E-state index in [0.29, 0.717) is 23.3 Å². The first kappa shape index (κ1) is 16.1. The summed E-state index contributed by atoms with van der Waals surface area (Å²) in [4.78, 5) is 8.48. The Hall–Kier alpha value is -3.39. The highest BCUT2D eigenvalue weighted by atomic mass is 19.1. The average molecular weight is 354 g/mol. The van der Waals surface area contributed by atoms with Gasteiger partial charge >= 0.3 is 0 Å². The summed E-state index contributed by atoms with van der Waals surface area (Å²) in [6.45, 7) is -0.0102. The molecular weight excluding hydrogens is 339 g/mol. The molecule has 0 atom stereocenters. The first-order valence-corrected chi connectivity index (χ1v) is 7.88. The highest BCUT2D eigenvalue weighted by molar-refractivity contribution is 5.70. The van der Waals surface area contributed by atoms with Crippen molar-refractivity contribution in [2.45, 2.75) is 6.61 Å². The van der Waals surface area contributed by atoms with Gasteiger partial charge < -0.3 is 25.2 Å². The highest BCUT2D eigenvalue weighted by Gasteiger charge is 2.21. The van der Waals surface area contributed by atoms with Gasteiger partial charge in [-0.05, 0) is 35.9 Å². The van der Waals surface area contributed by atoms with E-state index in [-0.39, 0.29) is 19.1 Å². The number of hydrogen-bond acceptors (Lipinski definition) is 7. The summed E-state index contributed by atoms with van der Waals surface area (Å²) in [5.74, 6) is 1.03. The number of nitrogens with zero attached hydrogens (tertiary/aromatic N) is 2. The Kier molecular flexibility index (Phi) is 4.24. The van der Waals surface area contributed by atoms with Gasteiger partial charge in [0, 0.05) is 11.9 Å². The Labute approximate surface area is 148 Å². The SMILES string of the molecule is OCc1cccc(Nc2nccc(Nc3c(F)ccc4c3OCO4)n2)c1. The van der Waals surface area contributed by atoms with Crippen LogP contribution in [0, 0.1) is 5.82 Å². The first-order valence-electron chi connectivity index (χ1n) is 7.88. The largest absolute Gasteiger partial charge is 0.454 e. The average Bonchev–Trinajstić information content (AvgIpc) is 3.14. The molecule has 132 valence electrons. The second-order valence-electron chi connectivity index (χ2n) is 5.53. The van der Waals surface area contributed by atoms with E-state index in [1.54, 1.807) is 18.3 Å². The number of hydrogen-bond donors (Lipinski definition) is 3. The fraction of sp³-hybridized carbons (Fsp3) is 0.111. The van der Waals surface area contributed by atoms with Crippen LogP contribution in [0.2, 0.25) is 0 Å². The topological polar surface area (TPSA) is 88.5 Å². The number of nitrogens with one attached hydrogen (secondary N) is 2. The van der Waals surface area contributed by atoms with Crippen LogP contribution in [0.4, 0.5) is 27.5 Å². The Bertz CT molecular complexity index is 951. The molecule has 8 heteroatoms. The molecule has 0 amide bonds. The summed E-state index contributed by atoms with van der Waals surface area (Å²) in [6.07, 6.45) is 1.55. The molecule has 7 nitrogen and oxygen atoms in total. The van der Waals surface area contributed by atoms with Crippen molar-refractivity contribution in [2.75, 3.05) is 17.4 Å². The fourth-order valence-corrected chi connectivity index (χ4v) is 2.56. The zero-order chi connectivity index (χ0) is 17.9. The summed E-state index contributed by atoms with van der Waals surface area (Å²) < 4.78 is 24.8. The molecule has 3 aromatic rings. The molecule has 1 aromatic heterocycles. The fourth-order valence-electron chi connectivity index (χ4n) is 2.56. The number of fused-ring (bicyclic) bond motifs is 1. The van der Waals surface area contributed by atoms with Crippen LogP contribution < -0.4 is 20.1 Å². The van der Waals surface area contributed by atoms with Gasteiger partial charge in [-0.15, -0.1) is 0 Å². The lowest BCUT2D eigenvalue weighted by Crippen LogP contribution is -2.02. The molecule has 4 rings (SSSR count). The van der Waals surface area contributed by atoms with Crippen molar-refractivity contribution < 1.29 is 19.0 Å². The molecule has 0 saturated heterocycles. The molecule has 3 N–H and O–H groups in total. The molecule has 0 radical (unpaired) electrons. The molecular formula is C18H15FN4O3. The van der Waals surface area contributed by atoms with Crippen molar-refractivity contribution in [1.29, 1.82) is 0 Å². The molecule has 0 unspecified atom stereocenters. The van der Waals surface area contributed by atoms with Crippen LogP contribution in [-0.4, -0.2) is 21.9 Å². The van der Waals surface area contributed by atoms with Gasteiger partial charge in [0.25, 0.3) is 0 Å². The highest BCUT2D eigenvalue weighted by Crippen LogP contribution is 2.41. The zero-order valence-electron chi connectivity index (χ0n) is 13.6. The van der Waals surface area contributed by atoms with Crippen LogP contribution >= 0.6 is 0 Å². The smallest absolute Gasteiger partial charge is 0.231 e. The van der Waals surface area contributed by atoms with E-state index in [4.69, 9.17) is 9.47 Å². The third kappa shape index (κ3) is 3.22. The summed E-state index contributed by atoms with van der Waals surface area (Å²) in [7, 11) is 0. The number of aliphatic hydroxyl groups is 1. The predicted octanol–water partition coefficient (Wildman–Crippen LogP) is 3.32. The molecule has 0 fully saturated rings. The van der Waals surface area contributed by atoms with Crippen LogP contribution in [0.15, 0.2) is 48.7 Å². The maximum Gasteiger partial charge on any atom is 0.231 e. The van der Waals surface area contributed by atoms with E-state index in [2.05, 4.69) is 20.6 Å². The third-order valence-corrected chi connectivity index (χ3v) is 3.76. The Morgan fingerprint density at radius 1 is 1.12 bits per heavy atom. The van der Waals surface area contributed by atoms with Crippen molar-refractivity contribution >= 4 is 23.1 Å². The van der Waals surface area contributed by atoms with Gasteiger partial charge in [-0.3, -0.25) is 0 Å². The van der Waals surface area contributed by atoms with E-state index in [1.165, 1.54) is 12.1 Å². The normalized spacial score (nSPS) is 12.1. The predicted molar refractivity (Wildman–Crippen MR) is 93.5 cm³/mol.